The Bertz CT molecular complexity index is 758. The van der Waals surface area contributed by atoms with E-state index in [1.54, 1.807) is 31.2 Å². The van der Waals surface area contributed by atoms with E-state index in [1.807, 2.05) is 6.07 Å². The van der Waals surface area contributed by atoms with Crippen molar-refractivity contribution in [2.45, 2.75) is 6.92 Å². The first kappa shape index (κ1) is 13.1. The lowest BCUT2D eigenvalue weighted by Gasteiger charge is -2.26. The van der Waals surface area contributed by atoms with Crippen molar-refractivity contribution in [3.05, 3.63) is 63.7 Å². The van der Waals surface area contributed by atoms with Gasteiger partial charge in [0.05, 0.1) is 16.3 Å². The fourth-order valence-corrected chi connectivity index (χ4v) is 2.17. The first-order chi connectivity index (χ1) is 10.1. The summed E-state index contributed by atoms with van der Waals surface area (Å²) in [7, 11) is 0. The van der Waals surface area contributed by atoms with E-state index in [0.717, 1.165) is 10.6 Å². The molecule has 1 aliphatic rings. The molecule has 3 rings (SSSR count). The largest absolute Gasteiger partial charge is 0.282 e. The van der Waals surface area contributed by atoms with E-state index in [4.69, 9.17) is 0 Å². The molecule has 21 heavy (non-hydrogen) atoms. The summed E-state index contributed by atoms with van der Waals surface area (Å²) in [6, 6.07) is 11.6. The number of hydrogen-bond acceptors (Lipinski definition) is 6. The zero-order valence-corrected chi connectivity index (χ0v) is 11.1. The Balaban J connectivity index is 2.08. The number of aryl methyl sites for hydroxylation is 1. The van der Waals surface area contributed by atoms with Gasteiger partial charge in [0.2, 0.25) is 0 Å². The SMILES string of the molecule is Cc1ccc([N+](=O)[O-])cc1C1=NNc2ccccc2N1O. The van der Waals surface area contributed by atoms with Crippen molar-refractivity contribution >= 4 is 22.9 Å². The maximum Gasteiger partial charge on any atom is 0.270 e. The van der Waals surface area contributed by atoms with E-state index in [9.17, 15) is 15.3 Å². The number of nitro benzene ring substituents is 1. The normalized spacial score (nSPS) is 13.2. The molecule has 1 heterocycles. The van der Waals surface area contributed by atoms with Gasteiger partial charge in [0.1, 0.15) is 0 Å². The third-order valence-corrected chi connectivity index (χ3v) is 3.29. The molecule has 7 nitrogen and oxygen atoms in total. The quantitative estimate of drug-likeness (QED) is 0.653. The Morgan fingerprint density at radius 2 is 2.05 bits per heavy atom. The molecule has 0 fully saturated rings. The van der Waals surface area contributed by atoms with Crippen LogP contribution < -0.4 is 10.5 Å². The van der Waals surface area contributed by atoms with Crippen molar-refractivity contribution in [2.75, 3.05) is 10.5 Å². The molecule has 2 aromatic rings. The van der Waals surface area contributed by atoms with Crippen LogP contribution in [-0.2, 0) is 0 Å². The summed E-state index contributed by atoms with van der Waals surface area (Å²) in [5.41, 5.74) is 5.25. The molecule has 0 amide bonds. The number of hydrazone groups is 1. The molecule has 0 atom stereocenters. The maximum absolute atomic E-state index is 10.9. The zero-order valence-electron chi connectivity index (χ0n) is 11.1. The van der Waals surface area contributed by atoms with Crippen molar-refractivity contribution < 1.29 is 10.1 Å². The first-order valence-electron chi connectivity index (χ1n) is 6.25. The van der Waals surface area contributed by atoms with E-state index in [-0.39, 0.29) is 11.5 Å². The molecule has 0 saturated heterocycles. The van der Waals surface area contributed by atoms with Crippen LogP contribution >= 0.6 is 0 Å². The van der Waals surface area contributed by atoms with Crippen molar-refractivity contribution in [1.29, 1.82) is 0 Å². The van der Waals surface area contributed by atoms with Crippen LogP contribution in [0.1, 0.15) is 11.1 Å². The molecular formula is C14H12N4O3. The summed E-state index contributed by atoms with van der Waals surface area (Å²) in [4.78, 5) is 10.4. The average molecular weight is 284 g/mol. The summed E-state index contributed by atoms with van der Waals surface area (Å²) in [6.45, 7) is 1.80. The van der Waals surface area contributed by atoms with Crippen LogP contribution in [0.15, 0.2) is 47.6 Å². The van der Waals surface area contributed by atoms with Gasteiger partial charge in [-0.25, -0.2) is 5.06 Å². The number of amidine groups is 1. The van der Waals surface area contributed by atoms with Gasteiger partial charge in [-0.05, 0) is 24.6 Å². The van der Waals surface area contributed by atoms with Crippen LogP contribution in [-0.4, -0.2) is 16.0 Å². The fourth-order valence-electron chi connectivity index (χ4n) is 2.17. The molecule has 106 valence electrons. The zero-order chi connectivity index (χ0) is 15.0. The Labute approximate surface area is 120 Å². The summed E-state index contributed by atoms with van der Waals surface area (Å²) < 4.78 is 0. The van der Waals surface area contributed by atoms with Crippen LogP contribution in [0.25, 0.3) is 0 Å². The Morgan fingerprint density at radius 1 is 1.29 bits per heavy atom. The van der Waals surface area contributed by atoms with Gasteiger partial charge in [-0.1, -0.05) is 18.2 Å². The van der Waals surface area contributed by atoms with E-state index < -0.39 is 4.92 Å². The number of nitro groups is 1. The predicted molar refractivity (Wildman–Crippen MR) is 78.7 cm³/mol. The second-order valence-electron chi connectivity index (χ2n) is 4.63. The summed E-state index contributed by atoms with van der Waals surface area (Å²) in [6.07, 6.45) is 0. The molecule has 0 unspecified atom stereocenters. The average Bonchev–Trinajstić information content (AvgIpc) is 2.49. The van der Waals surface area contributed by atoms with Gasteiger partial charge < -0.3 is 0 Å². The lowest BCUT2D eigenvalue weighted by Crippen LogP contribution is -2.33. The summed E-state index contributed by atoms with van der Waals surface area (Å²) >= 11 is 0. The van der Waals surface area contributed by atoms with Crippen LogP contribution in [0.3, 0.4) is 0 Å². The van der Waals surface area contributed by atoms with Crippen LogP contribution in [0, 0.1) is 17.0 Å². The first-order valence-corrected chi connectivity index (χ1v) is 6.25. The van der Waals surface area contributed by atoms with Crippen molar-refractivity contribution in [1.82, 2.24) is 0 Å². The number of hydrogen-bond donors (Lipinski definition) is 2. The van der Waals surface area contributed by atoms with Gasteiger partial charge in [0.25, 0.3) is 5.69 Å². The van der Waals surface area contributed by atoms with Gasteiger partial charge in [-0.3, -0.25) is 20.7 Å². The highest BCUT2D eigenvalue weighted by molar-refractivity contribution is 6.12. The van der Waals surface area contributed by atoms with Crippen LogP contribution in [0.5, 0.6) is 0 Å². The van der Waals surface area contributed by atoms with Gasteiger partial charge in [0, 0.05) is 17.7 Å². The third kappa shape index (κ3) is 2.19. The lowest BCUT2D eigenvalue weighted by molar-refractivity contribution is -0.384. The van der Waals surface area contributed by atoms with Crippen molar-refractivity contribution in [3.63, 3.8) is 0 Å². The minimum Gasteiger partial charge on any atom is -0.282 e. The summed E-state index contributed by atoms with van der Waals surface area (Å²) in [5, 5.41) is 26.3. The van der Waals surface area contributed by atoms with Crippen LogP contribution in [0.4, 0.5) is 17.1 Å². The predicted octanol–water partition coefficient (Wildman–Crippen LogP) is 2.89. The number of anilines is 2. The standard InChI is InChI=1S/C14H12N4O3/c1-9-6-7-10(18(20)21)8-11(9)14-16-15-12-4-2-3-5-13(12)17(14)19/h2-8,15,19H,1H3. The number of nitrogens with one attached hydrogen (secondary N) is 1. The molecule has 0 bridgehead atoms. The molecule has 2 N–H and O–H groups in total. The number of non-ortho nitro benzene ring substituents is 1. The Kier molecular flexibility index (Phi) is 3.03. The fraction of sp³-hybridized carbons (Fsp3) is 0.0714. The highest BCUT2D eigenvalue weighted by atomic mass is 16.6. The minimum atomic E-state index is -0.477. The molecule has 2 aromatic carbocycles. The van der Waals surface area contributed by atoms with E-state index in [2.05, 4.69) is 10.5 Å². The molecule has 0 spiro atoms. The molecular weight excluding hydrogens is 272 g/mol. The van der Waals surface area contributed by atoms with Crippen molar-refractivity contribution in [3.8, 4) is 0 Å². The smallest absolute Gasteiger partial charge is 0.270 e. The number of fused-ring (bicyclic) bond motifs is 1. The minimum absolute atomic E-state index is 0.0504. The summed E-state index contributed by atoms with van der Waals surface area (Å²) in [5.74, 6) is 0.218. The second kappa shape index (κ2) is 4.88. The van der Waals surface area contributed by atoms with E-state index in [1.165, 1.54) is 12.1 Å². The van der Waals surface area contributed by atoms with Gasteiger partial charge in [0.15, 0.2) is 5.84 Å². The maximum atomic E-state index is 10.9. The molecule has 7 heteroatoms. The second-order valence-corrected chi connectivity index (χ2v) is 4.63. The number of nitrogens with zero attached hydrogens (tertiary/aromatic N) is 3. The third-order valence-electron chi connectivity index (χ3n) is 3.29. The van der Waals surface area contributed by atoms with Gasteiger partial charge >= 0.3 is 0 Å². The van der Waals surface area contributed by atoms with Gasteiger partial charge in [-0.2, -0.15) is 5.10 Å². The Hall–Kier alpha value is -2.93. The number of para-hydroxylation sites is 2. The highest BCUT2D eigenvalue weighted by Crippen LogP contribution is 2.30. The highest BCUT2D eigenvalue weighted by Gasteiger charge is 2.23. The molecule has 0 aromatic heterocycles. The number of hydroxylamine groups is 1. The molecule has 0 aliphatic carbocycles. The van der Waals surface area contributed by atoms with Gasteiger partial charge in [-0.15, -0.1) is 0 Å². The van der Waals surface area contributed by atoms with E-state index >= 15 is 0 Å². The molecule has 1 aliphatic heterocycles. The number of benzene rings is 2. The van der Waals surface area contributed by atoms with Crippen molar-refractivity contribution in [2.24, 2.45) is 5.10 Å². The Morgan fingerprint density at radius 3 is 2.81 bits per heavy atom. The molecule has 0 radical (unpaired) electrons. The topological polar surface area (TPSA) is 91.0 Å². The monoisotopic (exact) mass is 284 g/mol. The van der Waals surface area contributed by atoms with Crippen LogP contribution in [0.2, 0.25) is 0 Å². The van der Waals surface area contributed by atoms with E-state index in [0.29, 0.717) is 16.9 Å². The lowest BCUT2D eigenvalue weighted by atomic mass is 10.1. The number of rotatable bonds is 2. The molecule has 0 saturated carbocycles.